The van der Waals surface area contributed by atoms with Gasteiger partial charge in [-0.3, -0.25) is 0 Å². The zero-order valence-electron chi connectivity index (χ0n) is 3.78. The molecule has 2 nitrogen and oxygen atoms in total. The summed E-state index contributed by atoms with van der Waals surface area (Å²) in [6, 6.07) is 1.81. The van der Waals surface area contributed by atoms with Crippen LogP contribution in [0.1, 0.15) is 0 Å². The van der Waals surface area contributed by atoms with Crippen molar-refractivity contribution in [2.75, 3.05) is 0 Å². The lowest BCUT2D eigenvalue weighted by atomic mass is 10.7. The number of nitrogens with zero attached hydrogens (tertiary/aromatic N) is 2. The minimum Gasteiger partial charge on any atom is -0.248 e. The smallest absolute Gasteiger partial charge is 0.0493 e. The molecular weight excluding hydrogens is 88.1 g/mol. The predicted molar refractivity (Wildman–Crippen MR) is 27.3 cm³/mol. The van der Waals surface area contributed by atoms with Crippen molar-refractivity contribution in [1.29, 1.82) is 0 Å². The second kappa shape index (κ2) is 1.60. The van der Waals surface area contributed by atoms with E-state index in [9.17, 15) is 0 Å². The minimum atomic E-state index is 1.39. The summed E-state index contributed by atoms with van der Waals surface area (Å²) in [7, 11) is 0. The van der Waals surface area contributed by atoms with Gasteiger partial charge >= 0.3 is 0 Å². The molecule has 1 rings (SSSR count). The van der Waals surface area contributed by atoms with Gasteiger partial charge in [0.25, 0.3) is 0 Å². The summed E-state index contributed by atoms with van der Waals surface area (Å²) >= 11 is 0. The Morgan fingerprint density at radius 1 is 1.71 bits per heavy atom. The number of rotatable bonds is 1. The normalized spacial score (nSPS) is 8.57. The van der Waals surface area contributed by atoms with E-state index in [-0.39, 0.29) is 0 Å². The second-order valence-corrected chi connectivity index (χ2v) is 1.14. The van der Waals surface area contributed by atoms with Crippen LogP contribution in [-0.2, 0) is 0 Å². The van der Waals surface area contributed by atoms with Crippen LogP contribution in [0.5, 0.6) is 0 Å². The fraction of sp³-hybridized carbons (Fsp3) is 0. The fourth-order valence-electron chi connectivity index (χ4n) is 0.369. The Balaban J connectivity index is 2.96. The van der Waals surface area contributed by atoms with Gasteiger partial charge in [0.1, 0.15) is 0 Å². The molecule has 0 atom stereocenters. The lowest BCUT2D eigenvalue weighted by molar-refractivity contribution is 0.936. The van der Waals surface area contributed by atoms with E-state index in [1.807, 2.05) is 6.07 Å². The van der Waals surface area contributed by atoms with E-state index < -0.39 is 0 Å². The topological polar surface area (TPSA) is 17.8 Å². The van der Waals surface area contributed by atoms with Gasteiger partial charge in [0.05, 0.1) is 0 Å². The van der Waals surface area contributed by atoms with Crippen molar-refractivity contribution in [3.05, 3.63) is 25.0 Å². The SMILES string of the molecule is [CH]=Cn1cccn1. The van der Waals surface area contributed by atoms with Crippen molar-refractivity contribution < 1.29 is 0 Å². The molecular formula is C5H5N2. The van der Waals surface area contributed by atoms with Crippen LogP contribution in [-0.4, -0.2) is 9.78 Å². The van der Waals surface area contributed by atoms with Crippen LogP contribution in [0.3, 0.4) is 0 Å². The number of aromatic nitrogens is 2. The van der Waals surface area contributed by atoms with Gasteiger partial charge in [0, 0.05) is 18.6 Å². The van der Waals surface area contributed by atoms with Crippen molar-refractivity contribution in [3.63, 3.8) is 0 Å². The van der Waals surface area contributed by atoms with Crippen LogP contribution in [0.2, 0.25) is 0 Å². The third kappa shape index (κ3) is 0.682. The van der Waals surface area contributed by atoms with Crippen molar-refractivity contribution in [1.82, 2.24) is 9.78 Å². The van der Waals surface area contributed by atoms with Crippen LogP contribution < -0.4 is 0 Å². The van der Waals surface area contributed by atoms with Gasteiger partial charge in [-0.2, -0.15) is 5.10 Å². The largest absolute Gasteiger partial charge is 0.248 e. The average Bonchev–Trinajstić information content (AvgIpc) is 2.14. The Bertz CT molecular complexity index is 141. The Morgan fingerprint density at radius 3 is 2.86 bits per heavy atom. The van der Waals surface area contributed by atoms with Crippen LogP contribution in [0.4, 0.5) is 0 Å². The standard InChI is InChI=1S/C5H5N2/c1-2-7-5-3-4-6-7/h1-5H. The van der Waals surface area contributed by atoms with Crippen LogP contribution in [0.15, 0.2) is 18.5 Å². The molecule has 0 aromatic carbocycles. The Kier molecular flexibility index (Phi) is 0.941. The van der Waals surface area contributed by atoms with Crippen molar-refractivity contribution in [2.24, 2.45) is 0 Å². The fourth-order valence-corrected chi connectivity index (χ4v) is 0.369. The first-order chi connectivity index (χ1) is 3.43. The van der Waals surface area contributed by atoms with Gasteiger partial charge in [0.15, 0.2) is 0 Å². The zero-order valence-corrected chi connectivity index (χ0v) is 3.78. The zero-order chi connectivity index (χ0) is 5.11. The molecule has 1 heterocycles. The van der Waals surface area contributed by atoms with Gasteiger partial charge in [-0.25, -0.2) is 4.68 Å². The van der Waals surface area contributed by atoms with Gasteiger partial charge in [0.2, 0.25) is 0 Å². The lowest BCUT2D eigenvalue weighted by Crippen LogP contribution is -1.81. The minimum absolute atomic E-state index is 1.39. The predicted octanol–water partition coefficient (Wildman–Crippen LogP) is 0.787. The molecule has 0 fully saturated rings. The maximum absolute atomic E-state index is 5.07. The van der Waals surface area contributed by atoms with E-state index in [4.69, 9.17) is 6.58 Å². The molecule has 1 radical (unpaired) electrons. The first-order valence-corrected chi connectivity index (χ1v) is 1.97. The molecule has 2 heteroatoms. The van der Waals surface area contributed by atoms with Gasteiger partial charge < -0.3 is 0 Å². The highest BCUT2D eigenvalue weighted by atomic mass is 15.2. The second-order valence-electron chi connectivity index (χ2n) is 1.14. The van der Waals surface area contributed by atoms with Crippen molar-refractivity contribution >= 4 is 6.20 Å². The molecule has 0 aliphatic carbocycles. The first-order valence-electron chi connectivity index (χ1n) is 1.97. The Labute approximate surface area is 42.1 Å². The molecule has 0 amide bonds. The lowest BCUT2D eigenvalue weighted by Gasteiger charge is -1.80. The molecule has 0 aliphatic heterocycles. The maximum Gasteiger partial charge on any atom is 0.0493 e. The van der Waals surface area contributed by atoms with E-state index in [0.717, 1.165) is 0 Å². The van der Waals surface area contributed by atoms with Crippen LogP contribution >= 0.6 is 0 Å². The summed E-state index contributed by atoms with van der Waals surface area (Å²) in [5.41, 5.74) is 0. The van der Waals surface area contributed by atoms with Gasteiger partial charge in [-0.15, -0.1) is 0 Å². The number of hydrogen-bond donors (Lipinski definition) is 0. The average molecular weight is 93.1 g/mol. The quantitative estimate of drug-likeness (QED) is 0.501. The van der Waals surface area contributed by atoms with Crippen molar-refractivity contribution in [3.8, 4) is 0 Å². The first kappa shape index (κ1) is 4.12. The summed E-state index contributed by atoms with van der Waals surface area (Å²) in [5, 5.41) is 3.77. The molecule has 1 aromatic heterocycles. The molecule has 0 saturated carbocycles. The maximum atomic E-state index is 5.07. The molecule has 0 saturated heterocycles. The summed E-state index contributed by atoms with van der Waals surface area (Å²) < 4.78 is 1.53. The molecule has 0 aliphatic rings. The van der Waals surface area contributed by atoms with Crippen LogP contribution in [0, 0.1) is 6.58 Å². The summed E-state index contributed by atoms with van der Waals surface area (Å²) in [6.07, 6.45) is 4.82. The van der Waals surface area contributed by atoms with E-state index in [1.165, 1.54) is 10.9 Å². The molecule has 0 N–H and O–H groups in total. The summed E-state index contributed by atoms with van der Waals surface area (Å²) in [4.78, 5) is 0. The van der Waals surface area contributed by atoms with Gasteiger partial charge in [-0.1, -0.05) is 0 Å². The highest BCUT2D eigenvalue weighted by Crippen LogP contribution is 1.79. The summed E-state index contributed by atoms with van der Waals surface area (Å²) in [5.74, 6) is 0. The molecule has 1 aromatic rings. The van der Waals surface area contributed by atoms with E-state index in [1.54, 1.807) is 12.4 Å². The highest BCUT2D eigenvalue weighted by molar-refractivity contribution is 5.09. The highest BCUT2D eigenvalue weighted by Gasteiger charge is 1.73. The molecule has 35 valence electrons. The number of hydrogen-bond acceptors (Lipinski definition) is 1. The molecule has 0 bridgehead atoms. The Hall–Kier alpha value is -1.05. The van der Waals surface area contributed by atoms with E-state index >= 15 is 0 Å². The third-order valence-electron chi connectivity index (χ3n) is 0.678. The molecule has 0 spiro atoms. The Morgan fingerprint density at radius 2 is 2.57 bits per heavy atom. The van der Waals surface area contributed by atoms with E-state index in [2.05, 4.69) is 5.10 Å². The summed E-state index contributed by atoms with van der Waals surface area (Å²) in [6.45, 7) is 5.07. The van der Waals surface area contributed by atoms with Crippen LogP contribution in [0.25, 0.3) is 6.20 Å². The monoisotopic (exact) mass is 93.0 g/mol. The van der Waals surface area contributed by atoms with E-state index in [0.29, 0.717) is 0 Å². The third-order valence-corrected chi connectivity index (χ3v) is 0.678. The molecule has 0 unspecified atom stereocenters. The molecule has 7 heavy (non-hydrogen) atoms. The van der Waals surface area contributed by atoms with Crippen molar-refractivity contribution in [2.45, 2.75) is 0 Å². The van der Waals surface area contributed by atoms with Gasteiger partial charge in [-0.05, 0) is 12.6 Å².